The molecule has 1 atom stereocenters. The van der Waals surface area contributed by atoms with Gasteiger partial charge in [0.15, 0.2) is 0 Å². The highest BCUT2D eigenvalue weighted by Crippen LogP contribution is 2.30. The minimum absolute atomic E-state index is 0.285. The molecular formula is C16H22BrN3. The summed E-state index contributed by atoms with van der Waals surface area (Å²) in [5, 5.41) is 4.49. The van der Waals surface area contributed by atoms with Crippen LogP contribution in [0, 0.1) is 11.3 Å². The van der Waals surface area contributed by atoms with Crippen LogP contribution >= 0.6 is 15.9 Å². The lowest BCUT2D eigenvalue weighted by molar-refractivity contribution is 0.274. The Morgan fingerprint density at radius 2 is 2.05 bits per heavy atom. The van der Waals surface area contributed by atoms with E-state index in [9.17, 15) is 0 Å². The van der Waals surface area contributed by atoms with Crippen molar-refractivity contribution in [3.05, 3.63) is 28.9 Å². The molecule has 0 saturated carbocycles. The first kappa shape index (κ1) is 15.1. The van der Waals surface area contributed by atoms with Crippen molar-refractivity contribution in [3.63, 3.8) is 0 Å². The Bertz CT molecular complexity index is 617. The minimum Gasteiger partial charge on any atom is -0.398 e. The summed E-state index contributed by atoms with van der Waals surface area (Å²) in [5.41, 5.74) is 9.03. The molecule has 0 aliphatic heterocycles. The standard InChI is InChI=1S/C16H22BrN3/c1-10(16(2,3)4)8-19-14-6-5-13(18)12-7-11(17)9-20-15(12)14/h5-7,9-10,19H,8,18H2,1-4H3. The maximum Gasteiger partial charge on any atom is 0.0954 e. The van der Waals surface area contributed by atoms with Crippen molar-refractivity contribution in [2.45, 2.75) is 27.7 Å². The predicted molar refractivity (Wildman–Crippen MR) is 91.0 cm³/mol. The number of anilines is 2. The number of pyridine rings is 1. The Hall–Kier alpha value is -1.29. The molecule has 2 rings (SSSR count). The largest absolute Gasteiger partial charge is 0.398 e. The summed E-state index contributed by atoms with van der Waals surface area (Å²) in [4.78, 5) is 4.49. The van der Waals surface area contributed by atoms with Crippen molar-refractivity contribution in [1.29, 1.82) is 0 Å². The van der Waals surface area contributed by atoms with Gasteiger partial charge in [-0.3, -0.25) is 4.98 Å². The molecule has 0 amide bonds. The van der Waals surface area contributed by atoms with Crippen LogP contribution in [0.25, 0.3) is 10.9 Å². The van der Waals surface area contributed by atoms with E-state index in [-0.39, 0.29) is 5.41 Å². The Labute approximate surface area is 129 Å². The van der Waals surface area contributed by atoms with Gasteiger partial charge in [0, 0.05) is 28.3 Å². The van der Waals surface area contributed by atoms with Gasteiger partial charge in [-0.25, -0.2) is 0 Å². The quantitative estimate of drug-likeness (QED) is 0.801. The summed E-state index contributed by atoms with van der Waals surface area (Å²) in [5.74, 6) is 0.561. The van der Waals surface area contributed by atoms with E-state index in [1.54, 1.807) is 6.20 Å². The topological polar surface area (TPSA) is 50.9 Å². The van der Waals surface area contributed by atoms with Gasteiger partial charge in [0.1, 0.15) is 0 Å². The first-order valence-electron chi connectivity index (χ1n) is 6.86. The summed E-state index contributed by atoms with van der Waals surface area (Å²) >= 11 is 3.44. The molecular weight excluding hydrogens is 314 g/mol. The Morgan fingerprint density at radius 1 is 1.35 bits per heavy atom. The Kier molecular flexibility index (Phi) is 4.23. The van der Waals surface area contributed by atoms with Gasteiger partial charge >= 0.3 is 0 Å². The Balaban J connectivity index is 2.30. The lowest BCUT2D eigenvalue weighted by Crippen LogP contribution is -2.24. The van der Waals surface area contributed by atoms with Crippen LogP contribution in [0.4, 0.5) is 11.4 Å². The van der Waals surface area contributed by atoms with E-state index >= 15 is 0 Å². The van der Waals surface area contributed by atoms with Gasteiger partial charge in [0.05, 0.1) is 11.2 Å². The van der Waals surface area contributed by atoms with E-state index in [0.717, 1.165) is 33.3 Å². The van der Waals surface area contributed by atoms with E-state index in [1.165, 1.54) is 0 Å². The average molecular weight is 336 g/mol. The second-order valence-corrected chi connectivity index (χ2v) is 7.32. The monoisotopic (exact) mass is 335 g/mol. The van der Waals surface area contributed by atoms with Crippen LogP contribution in [0.1, 0.15) is 27.7 Å². The number of nitrogen functional groups attached to an aromatic ring is 1. The van der Waals surface area contributed by atoms with Crippen molar-refractivity contribution in [2.75, 3.05) is 17.6 Å². The predicted octanol–water partition coefficient (Wildman–Crippen LogP) is 4.67. The maximum atomic E-state index is 6.03. The van der Waals surface area contributed by atoms with E-state index in [0.29, 0.717) is 5.92 Å². The average Bonchev–Trinajstić information content (AvgIpc) is 2.37. The molecule has 1 aromatic heterocycles. The van der Waals surface area contributed by atoms with Gasteiger partial charge in [0.2, 0.25) is 0 Å². The normalized spacial score (nSPS) is 13.4. The van der Waals surface area contributed by atoms with E-state index < -0.39 is 0 Å². The van der Waals surface area contributed by atoms with Crippen LogP contribution in [0.3, 0.4) is 0 Å². The molecule has 0 fully saturated rings. The third-order valence-corrected chi connectivity index (χ3v) is 4.36. The zero-order valence-electron chi connectivity index (χ0n) is 12.5. The molecule has 3 nitrogen and oxygen atoms in total. The number of halogens is 1. The van der Waals surface area contributed by atoms with Gasteiger partial charge in [-0.15, -0.1) is 0 Å². The molecule has 0 saturated heterocycles. The molecule has 0 radical (unpaired) electrons. The van der Waals surface area contributed by atoms with Gasteiger partial charge in [-0.1, -0.05) is 27.7 Å². The van der Waals surface area contributed by atoms with E-state index in [1.807, 2.05) is 18.2 Å². The second kappa shape index (κ2) is 5.60. The van der Waals surface area contributed by atoms with Gasteiger partial charge < -0.3 is 11.1 Å². The van der Waals surface area contributed by atoms with Crippen LogP contribution in [0.5, 0.6) is 0 Å². The van der Waals surface area contributed by atoms with Crippen LogP contribution in [0.2, 0.25) is 0 Å². The lowest BCUT2D eigenvalue weighted by Gasteiger charge is -2.28. The van der Waals surface area contributed by atoms with E-state index in [2.05, 4.69) is 53.9 Å². The van der Waals surface area contributed by atoms with Crippen molar-refractivity contribution in [3.8, 4) is 0 Å². The fraction of sp³-hybridized carbons (Fsp3) is 0.438. The lowest BCUT2D eigenvalue weighted by atomic mass is 9.82. The van der Waals surface area contributed by atoms with Crippen molar-refractivity contribution >= 4 is 38.2 Å². The number of hydrogen-bond donors (Lipinski definition) is 2. The molecule has 1 unspecified atom stereocenters. The minimum atomic E-state index is 0.285. The van der Waals surface area contributed by atoms with Crippen molar-refractivity contribution in [1.82, 2.24) is 4.98 Å². The number of benzene rings is 1. The van der Waals surface area contributed by atoms with Gasteiger partial charge in [0.25, 0.3) is 0 Å². The number of fused-ring (bicyclic) bond motifs is 1. The fourth-order valence-corrected chi connectivity index (χ4v) is 2.26. The highest BCUT2D eigenvalue weighted by molar-refractivity contribution is 9.10. The molecule has 0 spiro atoms. The SMILES string of the molecule is CC(CNc1ccc(N)c2cc(Br)cnc12)C(C)(C)C. The van der Waals surface area contributed by atoms with Gasteiger partial charge in [-0.2, -0.15) is 0 Å². The third-order valence-electron chi connectivity index (χ3n) is 3.93. The highest BCUT2D eigenvalue weighted by atomic mass is 79.9. The summed E-state index contributed by atoms with van der Waals surface area (Å²) in [6.45, 7) is 9.96. The molecule has 0 aliphatic rings. The van der Waals surface area contributed by atoms with E-state index in [4.69, 9.17) is 5.73 Å². The third kappa shape index (κ3) is 3.23. The van der Waals surface area contributed by atoms with Crippen LogP contribution < -0.4 is 11.1 Å². The Morgan fingerprint density at radius 3 is 2.70 bits per heavy atom. The fourth-order valence-electron chi connectivity index (χ4n) is 1.93. The zero-order chi connectivity index (χ0) is 14.9. The van der Waals surface area contributed by atoms with Crippen molar-refractivity contribution in [2.24, 2.45) is 11.3 Å². The summed E-state index contributed by atoms with van der Waals surface area (Å²) < 4.78 is 0.942. The molecule has 108 valence electrons. The first-order chi connectivity index (χ1) is 9.29. The molecule has 4 heteroatoms. The number of nitrogens with zero attached hydrogens (tertiary/aromatic N) is 1. The first-order valence-corrected chi connectivity index (χ1v) is 7.66. The number of aromatic nitrogens is 1. The second-order valence-electron chi connectivity index (χ2n) is 6.40. The molecule has 3 N–H and O–H groups in total. The molecule has 20 heavy (non-hydrogen) atoms. The number of hydrogen-bond acceptors (Lipinski definition) is 3. The smallest absolute Gasteiger partial charge is 0.0954 e. The molecule has 1 aromatic carbocycles. The highest BCUT2D eigenvalue weighted by Gasteiger charge is 2.19. The van der Waals surface area contributed by atoms with Gasteiger partial charge in [-0.05, 0) is 45.5 Å². The summed E-state index contributed by atoms with van der Waals surface area (Å²) in [6, 6.07) is 5.95. The number of nitrogens with one attached hydrogen (secondary N) is 1. The van der Waals surface area contributed by atoms with Crippen LogP contribution in [0.15, 0.2) is 28.9 Å². The molecule has 0 bridgehead atoms. The zero-order valence-corrected chi connectivity index (χ0v) is 14.1. The number of nitrogens with two attached hydrogens (primary N) is 1. The number of rotatable bonds is 3. The molecule has 2 aromatic rings. The molecule has 1 heterocycles. The van der Waals surface area contributed by atoms with Crippen LogP contribution in [-0.4, -0.2) is 11.5 Å². The maximum absolute atomic E-state index is 6.03. The molecule has 0 aliphatic carbocycles. The summed E-state index contributed by atoms with van der Waals surface area (Å²) in [7, 11) is 0. The van der Waals surface area contributed by atoms with Crippen LogP contribution in [-0.2, 0) is 0 Å². The summed E-state index contributed by atoms with van der Waals surface area (Å²) in [6.07, 6.45) is 1.81. The van der Waals surface area contributed by atoms with Crippen molar-refractivity contribution < 1.29 is 0 Å².